The third kappa shape index (κ3) is 3.48. The molecule has 1 aromatic carbocycles. The molecule has 0 aliphatic heterocycles. The van der Waals surface area contributed by atoms with Gasteiger partial charge in [0.15, 0.2) is 0 Å². The number of hydrogen-bond acceptors (Lipinski definition) is 4. The smallest absolute Gasteiger partial charge is 0.324 e. The van der Waals surface area contributed by atoms with E-state index in [9.17, 15) is 13.2 Å². The first-order valence-corrected chi connectivity index (χ1v) is 9.02. The lowest BCUT2D eigenvalue weighted by molar-refractivity contribution is -0.135. The van der Waals surface area contributed by atoms with Gasteiger partial charge in [0.05, 0.1) is 5.69 Å². The number of aliphatic carboxylic acids is 1. The lowest BCUT2D eigenvalue weighted by Crippen LogP contribution is -2.35. The van der Waals surface area contributed by atoms with E-state index in [0.29, 0.717) is 11.6 Å². The Kier molecular flexibility index (Phi) is 4.87. The van der Waals surface area contributed by atoms with Crippen LogP contribution in [0.1, 0.15) is 25.3 Å². The van der Waals surface area contributed by atoms with Crippen LogP contribution in [0.15, 0.2) is 46.0 Å². The molecule has 7 heteroatoms. The highest BCUT2D eigenvalue weighted by Crippen LogP contribution is 2.27. The minimum Gasteiger partial charge on any atom is -0.480 e. The van der Waals surface area contributed by atoms with Gasteiger partial charge >= 0.3 is 5.97 Å². The number of benzene rings is 1. The van der Waals surface area contributed by atoms with Crippen molar-refractivity contribution >= 4 is 33.0 Å². The van der Waals surface area contributed by atoms with Crippen molar-refractivity contribution in [3.05, 3.63) is 47.3 Å². The molecule has 2 aromatic rings. The summed E-state index contributed by atoms with van der Waals surface area (Å²) in [6.07, 6.45) is 0. The Morgan fingerprint density at radius 3 is 2.32 bits per heavy atom. The van der Waals surface area contributed by atoms with Crippen LogP contribution < -0.4 is 4.31 Å². The summed E-state index contributed by atoms with van der Waals surface area (Å²) in [5, 5.41) is 10.7. The molecule has 0 spiro atoms. The minimum absolute atomic E-state index is 0.127. The molecule has 2 rings (SSSR count). The zero-order valence-corrected chi connectivity index (χ0v) is 13.9. The molecule has 1 aromatic heterocycles. The fourth-order valence-corrected chi connectivity index (χ4v) is 4.50. The first-order chi connectivity index (χ1) is 10.3. The van der Waals surface area contributed by atoms with Crippen LogP contribution in [0.2, 0.25) is 0 Å². The molecule has 0 fully saturated rings. The molecule has 0 atom stereocenters. The van der Waals surface area contributed by atoms with E-state index < -0.39 is 22.5 Å². The number of hydrogen-bond donors (Lipinski definition) is 1. The van der Waals surface area contributed by atoms with Gasteiger partial charge < -0.3 is 5.11 Å². The molecular weight excluding hydrogens is 322 g/mol. The molecule has 0 radical (unpaired) electrons. The van der Waals surface area contributed by atoms with Crippen molar-refractivity contribution in [1.29, 1.82) is 0 Å². The number of nitrogens with zero attached hydrogens (tertiary/aromatic N) is 1. The average molecular weight is 339 g/mol. The van der Waals surface area contributed by atoms with E-state index >= 15 is 0 Å². The molecule has 0 aliphatic rings. The number of anilines is 1. The number of carbonyl (C=O) groups is 1. The van der Waals surface area contributed by atoms with Gasteiger partial charge in [-0.2, -0.15) is 0 Å². The van der Waals surface area contributed by atoms with Crippen molar-refractivity contribution in [1.82, 2.24) is 0 Å². The first-order valence-electron chi connectivity index (χ1n) is 6.70. The van der Waals surface area contributed by atoms with Gasteiger partial charge in [0, 0.05) is 0 Å². The Balaban J connectivity index is 2.44. The van der Waals surface area contributed by atoms with Gasteiger partial charge in [-0.15, -0.1) is 11.3 Å². The Bertz CT molecular complexity index is 734. The predicted molar refractivity (Wildman–Crippen MR) is 87.0 cm³/mol. The van der Waals surface area contributed by atoms with Crippen LogP contribution >= 0.6 is 11.3 Å². The van der Waals surface area contributed by atoms with Crippen molar-refractivity contribution in [3.8, 4) is 0 Å². The summed E-state index contributed by atoms with van der Waals surface area (Å²) in [6, 6.07) is 10.0. The molecule has 1 N–H and O–H groups in total. The maximum Gasteiger partial charge on any atom is 0.324 e. The molecule has 0 unspecified atom stereocenters. The van der Waals surface area contributed by atoms with Crippen LogP contribution in [-0.2, 0) is 14.8 Å². The zero-order chi connectivity index (χ0) is 16.3. The summed E-state index contributed by atoms with van der Waals surface area (Å²) in [7, 11) is -3.87. The summed E-state index contributed by atoms with van der Waals surface area (Å²) in [4.78, 5) is 11.1. The number of sulfonamides is 1. The molecule has 1 heterocycles. The molecule has 0 amide bonds. The second kappa shape index (κ2) is 6.50. The summed E-state index contributed by atoms with van der Waals surface area (Å²) in [5.74, 6) is -0.885. The Morgan fingerprint density at radius 1 is 1.23 bits per heavy atom. The summed E-state index contributed by atoms with van der Waals surface area (Å²) in [6.45, 7) is 3.46. The highest BCUT2D eigenvalue weighted by Gasteiger charge is 2.27. The zero-order valence-electron chi connectivity index (χ0n) is 12.3. The minimum atomic E-state index is -3.87. The normalized spacial score (nSPS) is 11.6. The van der Waals surface area contributed by atoms with Gasteiger partial charge in [0.25, 0.3) is 10.0 Å². The number of carboxylic acids is 1. The maximum atomic E-state index is 12.6. The topological polar surface area (TPSA) is 74.7 Å². The van der Waals surface area contributed by atoms with E-state index in [4.69, 9.17) is 5.11 Å². The summed E-state index contributed by atoms with van der Waals surface area (Å²) < 4.78 is 26.3. The maximum absolute atomic E-state index is 12.6. The third-order valence-electron chi connectivity index (χ3n) is 3.17. The molecule has 22 heavy (non-hydrogen) atoms. The van der Waals surface area contributed by atoms with Gasteiger partial charge in [-0.1, -0.05) is 32.0 Å². The second-order valence-electron chi connectivity index (χ2n) is 5.08. The monoisotopic (exact) mass is 339 g/mol. The molecular formula is C15H17NO4S2. The summed E-state index contributed by atoms with van der Waals surface area (Å²) >= 11 is 1.07. The van der Waals surface area contributed by atoms with E-state index in [-0.39, 0.29) is 4.21 Å². The quantitative estimate of drug-likeness (QED) is 0.877. The molecule has 0 bridgehead atoms. The average Bonchev–Trinajstić information content (AvgIpc) is 2.99. The molecule has 118 valence electrons. The van der Waals surface area contributed by atoms with E-state index in [1.165, 1.54) is 6.07 Å². The lowest BCUT2D eigenvalue weighted by Gasteiger charge is -2.22. The standard InChI is InChI=1S/C15H17NO4S2/c1-11(2)12-5-7-13(8-6-12)16(10-14(17)18)22(19,20)15-4-3-9-21-15/h3-9,11H,10H2,1-2H3,(H,17,18). The van der Waals surface area contributed by atoms with Crippen LogP contribution in [0, 0.1) is 0 Å². The van der Waals surface area contributed by atoms with Crippen LogP contribution in [0.25, 0.3) is 0 Å². The molecule has 5 nitrogen and oxygen atoms in total. The largest absolute Gasteiger partial charge is 0.480 e. The van der Waals surface area contributed by atoms with Crippen LogP contribution in [0.5, 0.6) is 0 Å². The van der Waals surface area contributed by atoms with Gasteiger partial charge in [-0.3, -0.25) is 9.10 Å². The van der Waals surface area contributed by atoms with Crippen LogP contribution in [-0.4, -0.2) is 26.0 Å². The second-order valence-corrected chi connectivity index (χ2v) is 8.12. The van der Waals surface area contributed by atoms with Gasteiger partial charge in [0.1, 0.15) is 10.8 Å². The SMILES string of the molecule is CC(C)c1ccc(N(CC(=O)O)S(=O)(=O)c2cccs2)cc1. The fourth-order valence-electron chi connectivity index (χ4n) is 1.98. The molecule has 0 saturated carbocycles. The third-order valence-corrected chi connectivity index (χ3v) is 6.31. The predicted octanol–water partition coefficient (Wildman–Crippen LogP) is 3.15. The molecule has 0 aliphatic carbocycles. The van der Waals surface area contributed by atoms with E-state index in [1.54, 1.807) is 23.6 Å². The number of thiophene rings is 1. The van der Waals surface area contributed by atoms with Crippen molar-refractivity contribution in [3.63, 3.8) is 0 Å². The first kappa shape index (κ1) is 16.5. The fraction of sp³-hybridized carbons (Fsp3) is 0.267. The van der Waals surface area contributed by atoms with Gasteiger partial charge in [0.2, 0.25) is 0 Å². The highest BCUT2D eigenvalue weighted by atomic mass is 32.2. The van der Waals surface area contributed by atoms with Crippen LogP contribution in [0.3, 0.4) is 0 Å². The highest BCUT2D eigenvalue weighted by molar-refractivity contribution is 7.94. The van der Waals surface area contributed by atoms with Crippen molar-refractivity contribution in [2.24, 2.45) is 0 Å². The van der Waals surface area contributed by atoms with E-state index in [2.05, 4.69) is 0 Å². The van der Waals surface area contributed by atoms with Gasteiger partial charge in [-0.25, -0.2) is 8.42 Å². The van der Waals surface area contributed by atoms with Gasteiger partial charge in [-0.05, 0) is 35.1 Å². The van der Waals surface area contributed by atoms with E-state index in [0.717, 1.165) is 21.2 Å². The summed E-state index contributed by atoms with van der Waals surface area (Å²) in [5.41, 5.74) is 1.41. The Morgan fingerprint density at radius 2 is 1.86 bits per heavy atom. The Labute approximate surface area is 133 Å². The lowest BCUT2D eigenvalue weighted by atomic mass is 10.0. The number of carboxylic acid groups (broad SMARTS) is 1. The van der Waals surface area contributed by atoms with Crippen molar-refractivity contribution < 1.29 is 18.3 Å². The van der Waals surface area contributed by atoms with Crippen molar-refractivity contribution in [2.45, 2.75) is 24.0 Å². The number of rotatable bonds is 6. The van der Waals surface area contributed by atoms with Crippen LogP contribution in [0.4, 0.5) is 5.69 Å². The van der Waals surface area contributed by atoms with Crippen molar-refractivity contribution in [2.75, 3.05) is 10.8 Å². The van der Waals surface area contributed by atoms with E-state index in [1.807, 2.05) is 26.0 Å². The Hall–Kier alpha value is -1.86. The molecule has 0 saturated heterocycles.